The number of piperazine rings is 1. The summed E-state index contributed by atoms with van der Waals surface area (Å²) >= 11 is 0. The number of carbonyl (C=O) groups excluding carboxylic acids is 2. The van der Waals surface area contributed by atoms with Gasteiger partial charge in [-0.05, 0) is 32.2 Å². The molecule has 1 unspecified atom stereocenters. The summed E-state index contributed by atoms with van der Waals surface area (Å²) in [6.07, 6.45) is 1.60. The number of likely N-dealkylation sites (N-methyl/N-ethyl adjacent to an activating group) is 1. The van der Waals surface area contributed by atoms with Crippen LogP contribution in [0.5, 0.6) is 0 Å². The number of imidazole rings is 1. The molecule has 0 radical (unpaired) electrons. The zero-order valence-electron chi connectivity index (χ0n) is 22.0. The maximum Gasteiger partial charge on any atom is 0.405 e. The van der Waals surface area contributed by atoms with Gasteiger partial charge >= 0.3 is 12.2 Å². The van der Waals surface area contributed by atoms with Gasteiger partial charge in [0.1, 0.15) is 12.6 Å². The molecule has 1 atom stereocenters. The number of anilines is 1. The normalized spacial score (nSPS) is 15.9. The van der Waals surface area contributed by atoms with E-state index >= 15 is 0 Å². The summed E-state index contributed by atoms with van der Waals surface area (Å²) in [6, 6.07) is 6.79. The molecule has 2 aromatic heterocycles. The van der Waals surface area contributed by atoms with Gasteiger partial charge < -0.3 is 26.2 Å². The average molecular weight is 558 g/mol. The number of urea groups is 1. The first kappa shape index (κ1) is 28.5. The van der Waals surface area contributed by atoms with Crippen LogP contribution in [0.4, 0.5) is 23.7 Å². The Labute approximate surface area is 228 Å². The Bertz CT molecular complexity index is 1430. The molecule has 1 aliphatic heterocycles. The third kappa shape index (κ3) is 7.14. The van der Waals surface area contributed by atoms with Crippen LogP contribution in [0.15, 0.2) is 53.9 Å². The summed E-state index contributed by atoms with van der Waals surface area (Å²) in [4.78, 5) is 37.4. The van der Waals surface area contributed by atoms with Crippen molar-refractivity contribution in [2.75, 3.05) is 45.1 Å². The number of halogens is 3. The van der Waals surface area contributed by atoms with E-state index in [9.17, 15) is 22.8 Å². The number of allylic oxidation sites excluding steroid dienone is 1. The monoisotopic (exact) mass is 557 g/mol. The molecule has 3 heterocycles. The van der Waals surface area contributed by atoms with Crippen molar-refractivity contribution in [3.8, 4) is 11.3 Å². The molecule has 40 heavy (non-hydrogen) atoms. The van der Waals surface area contributed by atoms with Crippen LogP contribution < -0.4 is 16.4 Å². The molecule has 4 N–H and O–H groups in total. The van der Waals surface area contributed by atoms with E-state index < -0.39 is 24.8 Å². The van der Waals surface area contributed by atoms with Gasteiger partial charge in [-0.25, -0.2) is 14.3 Å². The molecule has 0 saturated carbocycles. The highest BCUT2D eigenvalue weighted by Crippen LogP contribution is 2.24. The Morgan fingerprint density at radius 2 is 1.93 bits per heavy atom. The molecule has 0 aliphatic carbocycles. The highest BCUT2D eigenvalue weighted by atomic mass is 19.4. The van der Waals surface area contributed by atoms with Crippen LogP contribution in [0.2, 0.25) is 0 Å². The van der Waals surface area contributed by atoms with Gasteiger partial charge in [-0.15, -0.1) is 0 Å². The zero-order valence-corrected chi connectivity index (χ0v) is 22.0. The summed E-state index contributed by atoms with van der Waals surface area (Å²) in [5.41, 5.74) is 9.10. The number of nitrogens with one attached hydrogen (secondary N) is 2. The summed E-state index contributed by atoms with van der Waals surface area (Å²) in [5, 5.41) is 8.62. The van der Waals surface area contributed by atoms with Gasteiger partial charge in [-0.2, -0.15) is 18.3 Å². The second-order valence-electron chi connectivity index (χ2n) is 9.37. The van der Waals surface area contributed by atoms with Gasteiger partial charge in [0.25, 0.3) is 0 Å². The fourth-order valence-corrected chi connectivity index (χ4v) is 4.10. The quantitative estimate of drug-likeness (QED) is 0.383. The second kappa shape index (κ2) is 12.2. The molecule has 4 rings (SSSR count). The molecular weight excluding hydrogens is 527 g/mol. The van der Waals surface area contributed by atoms with Crippen molar-refractivity contribution in [1.82, 2.24) is 29.7 Å². The second-order valence-corrected chi connectivity index (χ2v) is 9.37. The maximum atomic E-state index is 12.8. The summed E-state index contributed by atoms with van der Waals surface area (Å²) in [5.74, 6) is -0.0400. The highest BCUT2D eigenvalue weighted by Gasteiger charge is 2.27. The van der Waals surface area contributed by atoms with Gasteiger partial charge in [0, 0.05) is 61.0 Å². The van der Waals surface area contributed by atoms with Crippen molar-refractivity contribution in [1.29, 1.82) is 0 Å². The summed E-state index contributed by atoms with van der Waals surface area (Å²) in [6.45, 7) is 3.30. The molecule has 1 fully saturated rings. The first-order valence-corrected chi connectivity index (χ1v) is 12.5. The van der Waals surface area contributed by atoms with Gasteiger partial charge in [0.05, 0.1) is 18.1 Å². The Morgan fingerprint density at radius 1 is 1.18 bits per heavy atom. The minimum absolute atomic E-state index is 0.0400. The first-order chi connectivity index (χ1) is 19.0. The molecule has 3 amide bonds. The van der Waals surface area contributed by atoms with E-state index in [1.54, 1.807) is 65.7 Å². The van der Waals surface area contributed by atoms with Crippen LogP contribution in [0.3, 0.4) is 0 Å². The van der Waals surface area contributed by atoms with Crippen LogP contribution in [-0.4, -0.2) is 94.5 Å². The fraction of sp³-hybridized carbons (Fsp3) is 0.346. The third-order valence-electron chi connectivity index (χ3n) is 6.35. The molecule has 14 heteroatoms. The van der Waals surface area contributed by atoms with E-state index in [4.69, 9.17) is 5.73 Å². The Hall–Kier alpha value is -4.46. The van der Waals surface area contributed by atoms with E-state index in [0.717, 1.165) is 13.1 Å². The van der Waals surface area contributed by atoms with Crippen LogP contribution in [0.1, 0.15) is 12.5 Å². The molecular formula is C26H30F3N9O2. The van der Waals surface area contributed by atoms with Crippen LogP contribution in [-0.2, 0) is 4.79 Å². The van der Waals surface area contributed by atoms with Gasteiger partial charge in [0.15, 0.2) is 5.65 Å². The highest BCUT2D eigenvalue weighted by molar-refractivity contribution is 6.10. The number of benzene rings is 1. The molecule has 1 aliphatic rings. The number of fused-ring (bicyclic) bond motifs is 1. The largest absolute Gasteiger partial charge is 0.405 e. The number of aromatic nitrogens is 3. The number of nitrogens with zero attached hydrogens (tertiary/aromatic N) is 6. The minimum Gasteiger partial charge on any atom is -0.404 e. The van der Waals surface area contributed by atoms with Crippen LogP contribution in [0.25, 0.3) is 22.5 Å². The first-order valence-electron chi connectivity index (χ1n) is 12.5. The van der Waals surface area contributed by atoms with E-state index in [0.29, 0.717) is 46.8 Å². The number of alkyl halides is 3. The fourth-order valence-electron chi connectivity index (χ4n) is 4.10. The SMILES string of the molecule is CC(N=CC(=CN)c1cnn2c(-c3cccc(NC(=O)NCC(F)(F)F)c3)cnc2c1)C(=O)N1CCN(C)CC1. The lowest BCUT2D eigenvalue weighted by Gasteiger charge is -2.33. The van der Waals surface area contributed by atoms with Crippen molar-refractivity contribution in [2.45, 2.75) is 19.1 Å². The van der Waals surface area contributed by atoms with E-state index in [-0.39, 0.29) is 5.91 Å². The number of carbonyl (C=O) groups is 2. The minimum atomic E-state index is -4.51. The molecule has 0 spiro atoms. The molecule has 0 bridgehead atoms. The molecule has 11 nitrogen and oxygen atoms in total. The number of hydrogen-bond donors (Lipinski definition) is 3. The summed E-state index contributed by atoms with van der Waals surface area (Å²) in [7, 11) is 2.02. The van der Waals surface area contributed by atoms with Gasteiger partial charge in [0.2, 0.25) is 5.91 Å². The van der Waals surface area contributed by atoms with E-state index in [1.165, 1.54) is 6.20 Å². The number of amides is 3. The van der Waals surface area contributed by atoms with Crippen LogP contribution in [0, 0.1) is 0 Å². The molecule has 3 aromatic rings. The summed E-state index contributed by atoms with van der Waals surface area (Å²) < 4.78 is 38.6. The molecule has 1 aromatic carbocycles. The average Bonchev–Trinajstić information content (AvgIpc) is 3.35. The maximum absolute atomic E-state index is 12.8. The number of aliphatic imine (C=N–C) groups is 1. The predicted molar refractivity (Wildman–Crippen MR) is 146 cm³/mol. The predicted octanol–water partition coefficient (Wildman–Crippen LogP) is 2.61. The van der Waals surface area contributed by atoms with Crippen molar-refractivity contribution >= 4 is 35.1 Å². The number of rotatable bonds is 7. The van der Waals surface area contributed by atoms with Crippen molar-refractivity contribution in [2.24, 2.45) is 10.7 Å². The molecule has 1 saturated heterocycles. The lowest BCUT2D eigenvalue weighted by atomic mass is 10.1. The lowest BCUT2D eigenvalue weighted by Crippen LogP contribution is -2.49. The Balaban J connectivity index is 1.46. The third-order valence-corrected chi connectivity index (χ3v) is 6.35. The van der Waals surface area contributed by atoms with E-state index in [2.05, 4.69) is 25.3 Å². The Morgan fingerprint density at radius 3 is 2.62 bits per heavy atom. The van der Waals surface area contributed by atoms with Crippen molar-refractivity contribution < 1.29 is 22.8 Å². The van der Waals surface area contributed by atoms with Gasteiger partial charge in [-0.3, -0.25) is 9.79 Å². The van der Waals surface area contributed by atoms with Crippen molar-refractivity contribution in [3.63, 3.8) is 0 Å². The van der Waals surface area contributed by atoms with Crippen LogP contribution >= 0.6 is 0 Å². The topological polar surface area (TPSA) is 133 Å². The number of hydrogen-bond acceptors (Lipinski definition) is 7. The van der Waals surface area contributed by atoms with E-state index in [1.807, 2.05) is 11.9 Å². The lowest BCUT2D eigenvalue weighted by molar-refractivity contribution is -0.133. The van der Waals surface area contributed by atoms with Crippen molar-refractivity contribution in [3.05, 3.63) is 54.5 Å². The Kier molecular flexibility index (Phi) is 8.67. The smallest absolute Gasteiger partial charge is 0.404 e. The van der Waals surface area contributed by atoms with Gasteiger partial charge in [-0.1, -0.05) is 12.1 Å². The standard InChI is InChI=1S/C26H30F3N9O2/c1-17(24(39)37-8-6-36(2)7-9-37)31-13-20(12-30)19-11-23-32-15-22(38(23)34-14-19)18-4-3-5-21(10-18)35-25(40)33-16-26(27,28)29/h3-5,10-15,17H,6-9,16,30H2,1-2H3,(H2,33,35,40). The number of nitrogens with two attached hydrogens (primary N) is 1. The zero-order chi connectivity index (χ0) is 28.9. The molecule has 212 valence electrons.